The van der Waals surface area contributed by atoms with Gasteiger partial charge in [-0.3, -0.25) is 9.59 Å². The van der Waals surface area contributed by atoms with Crippen molar-refractivity contribution < 1.29 is 19.4 Å². The number of hydrogen-bond acceptors (Lipinski definition) is 3. The fourth-order valence-electron chi connectivity index (χ4n) is 2.67. The lowest BCUT2D eigenvalue weighted by atomic mass is 10.1. The molecule has 0 aliphatic heterocycles. The van der Waals surface area contributed by atoms with E-state index in [1.807, 2.05) is 48.5 Å². The molecule has 0 spiro atoms. The molecule has 0 atom stereocenters. The minimum atomic E-state index is -0.840. The number of unbranched alkanes of at least 4 members (excludes halogenated alkanes) is 1. The van der Waals surface area contributed by atoms with E-state index >= 15 is 0 Å². The van der Waals surface area contributed by atoms with Crippen LogP contribution in [-0.2, 0) is 16.1 Å². The van der Waals surface area contributed by atoms with E-state index in [4.69, 9.17) is 9.84 Å². The molecule has 0 radical (unpaired) electrons. The number of carboxylic acid groups (broad SMARTS) is 1. The quantitative estimate of drug-likeness (QED) is 0.601. The Balaban J connectivity index is 2.20. The average molecular weight is 420 g/mol. The third kappa shape index (κ3) is 5.88. The van der Waals surface area contributed by atoms with Crippen LogP contribution in [0.25, 0.3) is 0 Å². The van der Waals surface area contributed by atoms with E-state index in [1.54, 1.807) is 12.0 Å². The molecule has 138 valence electrons. The predicted molar refractivity (Wildman–Crippen MR) is 104 cm³/mol. The fraction of sp³-hybridized carbons (Fsp3) is 0.300. The van der Waals surface area contributed by atoms with E-state index in [0.717, 1.165) is 10.0 Å². The van der Waals surface area contributed by atoms with Crippen molar-refractivity contribution in [2.45, 2.75) is 32.2 Å². The van der Waals surface area contributed by atoms with Gasteiger partial charge >= 0.3 is 5.97 Å². The van der Waals surface area contributed by atoms with Gasteiger partial charge in [0.15, 0.2) is 0 Å². The van der Waals surface area contributed by atoms with Crippen molar-refractivity contribution in [2.75, 3.05) is 12.0 Å². The Morgan fingerprint density at radius 2 is 1.81 bits per heavy atom. The van der Waals surface area contributed by atoms with Gasteiger partial charge in [0.25, 0.3) is 0 Å². The first-order valence-electron chi connectivity index (χ1n) is 8.41. The monoisotopic (exact) mass is 419 g/mol. The molecule has 5 nitrogen and oxygen atoms in total. The lowest BCUT2D eigenvalue weighted by molar-refractivity contribution is -0.137. The molecule has 0 fully saturated rings. The zero-order valence-corrected chi connectivity index (χ0v) is 16.2. The van der Waals surface area contributed by atoms with Gasteiger partial charge in [-0.2, -0.15) is 0 Å². The van der Waals surface area contributed by atoms with Gasteiger partial charge in [-0.05, 0) is 42.7 Å². The van der Waals surface area contributed by atoms with Crippen molar-refractivity contribution in [2.24, 2.45) is 0 Å². The Hall–Kier alpha value is -2.34. The van der Waals surface area contributed by atoms with E-state index in [0.29, 0.717) is 37.2 Å². The van der Waals surface area contributed by atoms with Crippen molar-refractivity contribution in [3.05, 3.63) is 58.6 Å². The molecule has 2 aromatic rings. The number of carboxylic acids is 1. The zero-order valence-electron chi connectivity index (χ0n) is 14.7. The van der Waals surface area contributed by atoms with Crippen LogP contribution in [-0.4, -0.2) is 24.1 Å². The summed E-state index contributed by atoms with van der Waals surface area (Å²) >= 11 is 3.45. The van der Waals surface area contributed by atoms with Crippen molar-refractivity contribution >= 4 is 33.5 Å². The molecule has 2 aromatic carbocycles. The van der Waals surface area contributed by atoms with Gasteiger partial charge in [0.2, 0.25) is 5.91 Å². The van der Waals surface area contributed by atoms with Gasteiger partial charge in [-0.1, -0.05) is 40.2 Å². The Morgan fingerprint density at radius 3 is 2.50 bits per heavy atom. The van der Waals surface area contributed by atoms with Gasteiger partial charge < -0.3 is 14.7 Å². The second-order valence-corrected chi connectivity index (χ2v) is 6.80. The van der Waals surface area contributed by atoms with Crippen LogP contribution in [0, 0.1) is 0 Å². The molecule has 0 bridgehead atoms. The summed E-state index contributed by atoms with van der Waals surface area (Å²) in [6.45, 7) is 0.414. The average Bonchev–Trinajstić information content (AvgIpc) is 2.63. The Labute approximate surface area is 161 Å². The van der Waals surface area contributed by atoms with Crippen LogP contribution in [0.5, 0.6) is 5.75 Å². The SMILES string of the molecule is COc1ccccc1N(Cc1cccc(Br)c1)C(=O)CCCCC(=O)O. The van der Waals surface area contributed by atoms with Crippen LogP contribution in [0.3, 0.4) is 0 Å². The first-order chi connectivity index (χ1) is 12.5. The minimum Gasteiger partial charge on any atom is -0.495 e. The lowest BCUT2D eigenvalue weighted by Crippen LogP contribution is -2.30. The summed E-state index contributed by atoms with van der Waals surface area (Å²) in [4.78, 5) is 25.2. The second-order valence-electron chi connectivity index (χ2n) is 5.88. The molecule has 0 unspecified atom stereocenters. The molecule has 1 N–H and O–H groups in total. The normalized spacial score (nSPS) is 10.4. The van der Waals surface area contributed by atoms with Crippen LogP contribution in [0.1, 0.15) is 31.2 Å². The van der Waals surface area contributed by atoms with Crippen LogP contribution in [0.15, 0.2) is 53.0 Å². The molecule has 0 aliphatic rings. The predicted octanol–water partition coefficient (Wildman–Crippen LogP) is 4.64. The molecule has 0 saturated carbocycles. The lowest BCUT2D eigenvalue weighted by Gasteiger charge is -2.25. The second kappa shape index (κ2) is 9.97. The summed E-state index contributed by atoms with van der Waals surface area (Å²) in [6.07, 6.45) is 1.39. The van der Waals surface area contributed by atoms with Gasteiger partial charge in [0, 0.05) is 17.3 Å². The van der Waals surface area contributed by atoms with E-state index < -0.39 is 5.97 Å². The maximum atomic E-state index is 12.9. The Morgan fingerprint density at radius 1 is 1.08 bits per heavy atom. The fourth-order valence-corrected chi connectivity index (χ4v) is 3.11. The van der Waals surface area contributed by atoms with E-state index in [2.05, 4.69) is 15.9 Å². The largest absolute Gasteiger partial charge is 0.495 e. The topological polar surface area (TPSA) is 66.8 Å². The number of halogens is 1. The highest BCUT2D eigenvalue weighted by atomic mass is 79.9. The number of carbonyl (C=O) groups is 2. The van der Waals surface area contributed by atoms with Crippen molar-refractivity contribution in [3.63, 3.8) is 0 Å². The number of anilines is 1. The number of aliphatic carboxylic acids is 1. The highest BCUT2D eigenvalue weighted by Gasteiger charge is 2.19. The van der Waals surface area contributed by atoms with E-state index in [-0.39, 0.29) is 12.3 Å². The van der Waals surface area contributed by atoms with Crippen LogP contribution >= 0.6 is 15.9 Å². The number of carbonyl (C=O) groups excluding carboxylic acids is 1. The Kier molecular flexibility index (Phi) is 7.66. The zero-order chi connectivity index (χ0) is 18.9. The number of rotatable bonds is 9. The van der Waals surface area contributed by atoms with Gasteiger partial charge in [-0.15, -0.1) is 0 Å². The highest BCUT2D eigenvalue weighted by Crippen LogP contribution is 2.30. The summed E-state index contributed by atoms with van der Waals surface area (Å²) < 4.78 is 6.36. The summed E-state index contributed by atoms with van der Waals surface area (Å²) in [6, 6.07) is 15.2. The summed E-state index contributed by atoms with van der Waals surface area (Å²) in [5.74, 6) is -0.269. The van der Waals surface area contributed by atoms with Crippen LogP contribution in [0.2, 0.25) is 0 Å². The van der Waals surface area contributed by atoms with Crippen LogP contribution < -0.4 is 9.64 Å². The molecule has 0 saturated heterocycles. The van der Waals surface area contributed by atoms with Crippen LogP contribution in [0.4, 0.5) is 5.69 Å². The summed E-state index contributed by atoms with van der Waals surface area (Å²) in [7, 11) is 1.58. The van der Waals surface area contributed by atoms with Gasteiger partial charge in [0.1, 0.15) is 5.75 Å². The summed E-state index contributed by atoms with van der Waals surface area (Å²) in [5.41, 5.74) is 1.70. The number of para-hydroxylation sites is 2. The number of nitrogens with zero attached hydrogens (tertiary/aromatic N) is 1. The van der Waals surface area contributed by atoms with Gasteiger partial charge in [-0.25, -0.2) is 0 Å². The molecular weight excluding hydrogens is 398 g/mol. The third-order valence-electron chi connectivity index (χ3n) is 3.94. The molecule has 6 heteroatoms. The number of methoxy groups -OCH3 is 1. The standard InChI is InChI=1S/C20H22BrNO4/c1-26-18-10-3-2-9-17(18)22(14-15-7-6-8-16(21)13-15)19(23)11-4-5-12-20(24)25/h2-3,6-10,13H,4-5,11-12,14H2,1H3,(H,24,25). The maximum Gasteiger partial charge on any atom is 0.303 e. The molecule has 0 aliphatic carbocycles. The smallest absolute Gasteiger partial charge is 0.303 e. The molecule has 26 heavy (non-hydrogen) atoms. The van der Waals surface area contributed by atoms with E-state index in [1.165, 1.54) is 0 Å². The van der Waals surface area contributed by atoms with E-state index in [9.17, 15) is 9.59 Å². The Bertz CT molecular complexity index is 763. The van der Waals surface area contributed by atoms with Crippen molar-refractivity contribution in [3.8, 4) is 5.75 Å². The number of amides is 1. The number of hydrogen-bond donors (Lipinski definition) is 1. The molecule has 0 heterocycles. The number of benzene rings is 2. The van der Waals surface area contributed by atoms with Gasteiger partial charge in [0.05, 0.1) is 19.3 Å². The molecule has 1 amide bonds. The minimum absolute atomic E-state index is 0.0557. The first kappa shape index (κ1) is 20.0. The molecule has 2 rings (SSSR count). The first-order valence-corrected chi connectivity index (χ1v) is 9.20. The summed E-state index contributed by atoms with van der Waals surface area (Å²) in [5, 5.41) is 8.74. The van der Waals surface area contributed by atoms with Crippen molar-refractivity contribution in [1.29, 1.82) is 0 Å². The molecule has 0 aromatic heterocycles. The van der Waals surface area contributed by atoms with Crippen molar-refractivity contribution in [1.82, 2.24) is 0 Å². The highest BCUT2D eigenvalue weighted by molar-refractivity contribution is 9.10. The number of ether oxygens (including phenoxy) is 1. The third-order valence-corrected chi connectivity index (χ3v) is 4.43. The maximum absolute atomic E-state index is 12.9. The molecular formula is C20H22BrNO4.